The van der Waals surface area contributed by atoms with Gasteiger partial charge in [0.15, 0.2) is 0 Å². The van der Waals surface area contributed by atoms with Gasteiger partial charge in [-0.3, -0.25) is 4.90 Å². The fourth-order valence-electron chi connectivity index (χ4n) is 2.85. The minimum Gasteiger partial charge on any atom is -0.383 e. The number of benzene rings is 2. The number of nitrogens with zero attached hydrogens (tertiary/aromatic N) is 4. The molecule has 24 heavy (non-hydrogen) atoms. The minimum atomic E-state index is -1.12. The molecular weight excluding hydrogens is 326 g/mol. The monoisotopic (exact) mass is 339 g/mol. The lowest BCUT2D eigenvalue weighted by Gasteiger charge is -2.34. The fraction of sp³-hybridized carbons (Fsp3) is 0.0588. The van der Waals surface area contributed by atoms with Gasteiger partial charge in [0.25, 0.3) is 0 Å². The lowest BCUT2D eigenvalue weighted by molar-refractivity contribution is 0.189. The number of aliphatic imine (C=N–C) groups is 1. The number of anilines is 2. The van der Waals surface area contributed by atoms with Crippen molar-refractivity contribution in [3.63, 3.8) is 0 Å². The topological polar surface area (TPSA) is 79.7 Å². The molecule has 3 N–H and O–H groups in total. The highest BCUT2D eigenvalue weighted by atomic mass is 35.5. The van der Waals surface area contributed by atoms with Gasteiger partial charge in [0, 0.05) is 23.1 Å². The molecule has 2 heterocycles. The van der Waals surface area contributed by atoms with Gasteiger partial charge < -0.3 is 10.8 Å². The van der Waals surface area contributed by atoms with Crippen molar-refractivity contribution in [2.24, 2.45) is 10.7 Å². The summed E-state index contributed by atoms with van der Waals surface area (Å²) >= 11 is 6.32. The quantitative estimate of drug-likeness (QED) is 0.752. The number of amidine groups is 1. The predicted octanol–water partition coefficient (Wildman–Crippen LogP) is 2.66. The van der Waals surface area contributed by atoms with Crippen LogP contribution in [0.5, 0.6) is 0 Å². The second-order valence-electron chi connectivity index (χ2n) is 5.34. The number of hydrogen-bond acceptors (Lipinski definition) is 5. The Morgan fingerprint density at radius 3 is 2.54 bits per heavy atom. The van der Waals surface area contributed by atoms with Crippen LogP contribution < -0.4 is 10.6 Å². The van der Waals surface area contributed by atoms with E-state index in [1.807, 2.05) is 36.4 Å². The van der Waals surface area contributed by atoms with E-state index in [9.17, 15) is 5.11 Å². The van der Waals surface area contributed by atoms with Crippen molar-refractivity contribution in [3.05, 3.63) is 71.5 Å². The molecule has 0 fully saturated rings. The first kappa shape index (κ1) is 14.7. The predicted molar refractivity (Wildman–Crippen MR) is 93.9 cm³/mol. The number of para-hydroxylation sites is 1. The van der Waals surface area contributed by atoms with E-state index >= 15 is 0 Å². The van der Waals surface area contributed by atoms with Crippen LogP contribution in [0.25, 0.3) is 5.69 Å². The maximum atomic E-state index is 10.4. The van der Waals surface area contributed by atoms with Gasteiger partial charge in [0.1, 0.15) is 5.84 Å². The molecular formula is C17H14ClN5O. The summed E-state index contributed by atoms with van der Waals surface area (Å²) in [5, 5.41) is 15.2. The number of rotatable bonds is 2. The molecule has 0 bridgehead atoms. The largest absolute Gasteiger partial charge is 0.383 e. The normalized spacial score (nSPS) is 16.7. The minimum absolute atomic E-state index is 0.242. The van der Waals surface area contributed by atoms with Crippen molar-refractivity contribution in [2.45, 2.75) is 6.35 Å². The SMILES string of the molecule is NC1=NC(O)N(c2ccccc2)c2cc(Cl)cc(-n3cccn3)c21. The first-order valence-electron chi connectivity index (χ1n) is 7.35. The Morgan fingerprint density at radius 2 is 1.83 bits per heavy atom. The van der Waals surface area contributed by atoms with E-state index in [4.69, 9.17) is 17.3 Å². The van der Waals surface area contributed by atoms with Crippen LogP contribution >= 0.6 is 11.6 Å². The summed E-state index contributed by atoms with van der Waals surface area (Å²) in [7, 11) is 0. The molecule has 3 aromatic rings. The summed E-state index contributed by atoms with van der Waals surface area (Å²) in [6, 6.07) is 14.8. The number of nitrogens with two attached hydrogens (primary N) is 1. The second-order valence-corrected chi connectivity index (χ2v) is 5.77. The van der Waals surface area contributed by atoms with Crippen molar-refractivity contribution < 1.29 is 5.11 Å². The first-order chi connectivity index (χ1) is 11.6. The van der Waals surface area contributed by atoms with Gasteiger partial charge in [-0.05, 0) is 30.3 Å². The molecule has 120 valence electrons. The lowest BCUT2D eigenvalue weighted by Crippen LogP contribution is -2.38. The zero-order valence-corrected chi connectivity index (χ0v) is 13.3. The number of hydrogen-bond donors (Lipinski definition) is 2. The van der Waals surface area contributed by atoms with E-state index in [0.29, 0.717) is 22.0 Å². The maximum absolute atomic E-state index is 10.4. The molecule has 7 heteroatoms. The third-order valence-corrected chi connectivity index (χ3v) is 4.07. The van der Waals surface area contributed by atoms with E-state index in [2.05, 4.69) is 10.1 Å². The smallest absolute Gasteiger partial charge is 0.231 e. The van der Waals surface area contributed by atoms with Crippen molar-refractivity contribution in [1.29, 1.82) is 0 Å². The standard InChI is InChI=1S/C17H14ClN5O/c18-11-9-13(22-8-4-7-20-22)15-14(10-11)23(17(24)21-16(15)19)12-5-2-1-3-6-12/h1-10,17,24H,(H2,19,21). The van der Waals surface area contributed by atoms with Gasteiger partial charge in [-0.15, -0.1) is 0 Å². The zero-order chi connectivity index (χ0) is 16.7. The van der Waals surface area contributed by atoms with Crippen molar-refractivity contribution >= 4 is 28.8 Å². The van der Waals surface area contributed by atoms with Gasteiger partial charge in [-0.2, -0.15) is 5.10 Å². The third kappa shape index (κ3) is 2.33. The van der Waals surface area contributed by atoms with Crippen molar-refractivity contribution in [1.82, 2.24) is 9.78 Å². The number of fused-ring (bicyclic) bond motifs is 1. The molecule has 0 radical (unpaired) electrons. The Kier molecular flexibility index (Phi) is 3.48. The summed E-state index contributed by atoms with van der Waals surface area (Å²) in [5.74, 6) is 0.242. The van der Waals surface area contributed by atoms with Crippen LogP contribution in [0.4, 0.5) is 11.4 Å². The summed E-state index contributed by atoms with van der Waals surface area (Å²) in [5.41, 5.74) is 8.96. The molecule has 1 atom stereocenters. The van der Waals surface area contributed by atoms with Crippen molar-refractivity contribution in [3.8, 4) is 5.69 Å². The molecule has 2 aromatic carbocycles. The zero-order valence-electron chi connectivity index (χ0n) is 12.5. The average Bonchev–Trinajstić information content (AvgIpc) is 3.09. The Bertz CT molecular complexity index is 908. The maximum Gasteiger partial charge on any atom is 0.231 e. The highest BCUT2D eigenvalue weighted by Gasteiger charge is 2.30. The Balaban J connectivity index is 1.99. The second kappa shape index (κ2) is 5.67. The Labute approximate surface area is 143 Å². The number of halogens is 1. The number of aromatic nitrogens is 2. The summed E-state index contributed by atoms with van der Waals surface area (Å²) in [6.45, 7) is 0. The van der Waals surface area contributed by atoms with E-state index < -0.39 is 6.35 Å². The first-order valence-corrected chi connectivity index (χ1v) is 7.72. The van der Waals surface area contributed by atoms with Gasteiger partial charge in [0.2, 0.25) is 6.35 Å². The van der Waals surface area contributed by atoms with Gasteiger partial charge >= 0.3 is 0 Å². The van der Waals surface area contributed by atoms with Gasteiger partial charge in [0.05, 0.1) is 16.9 Å². The average molecular weight is 340 g/mol. The molecule has 1 aliphatic heterocycles. The number of aliphatic hydroxyl groups is 1. The van der Waals surface area contributed by atoms with E-state index in [1.54, 1.807) is 34.1 Å². The molecule has 0 saturated heterocycles. The molecule has 0 amide bonds. The van der Waals surface area contributed by atoms with E-state index in [1.165, 1.54) is 0 Å². The third-order valence-electron chi connectivity index (χ3n) is 3.85. The molecule has 0 spiro atoms. The Morgan fingerprint density at radius 1 is 1.08 bits per heavy atom. The summed E-state index contributed by atoms with van der Waals surface area (Å²) in [4.78, 5) is 5.86. The van der Waals surface area contributed by atoms with Crippen LogP contribution in [-0.4, -0.2) is 27.1 Å². The highest BCUT2D eigenvalue weighted by molar-refractivity contribution is 6.31. The van der Waals surface area contributed by atoms with Crippen LogP contribution in [0.15, 0.2) is 65.9 Å². The molecule has 1 aromatic heterocycles. The van der Waals surface area contributed by atoms with Crippen molar-refractivity contribution in [2.75, 3.05) is 4.90 Å². The fourth-order valence-corrected chi connectivity index (χ4v) is 3.06. The lowest BCUT2D eigenvalue weighted by atomic mass is 10.1. The van der Waals surface area contributed by atoms with Crippen LogP contribution in [0.1, 0.15) is 5.56 Å². The number of aliphatic hydroxyl groups excluding tert-OH is 1. The highest BCUT2D eigenvalue weighted by Crippen LogP contribution is 2.38. The summed E-state index contributed by atoms with van der Waals surface area (Å²) < 4.78 is 1.67. The van der Waals surface area contributed by atoms with Crippen LogP contribution in [0.2, 0.25) is 5.02 Å². The van der Waals surface area contributed by atoms with E-state index in [-0.39, 0.29) is 5.84 Å². The van der Waals surface area contributed by atoms with Crippen LogP contribution in [0.3, 0.4) is 0 Å². The molecule has 0 aliphatic carbocycles. The Hall–Kier alpha value is -2.83. The molecule has 1 aliphatic rings. The van der Waals surface area contributed by atoms with Gasteiger partial charge in [-0.1, -0.05) is 29.8 Å². The van der Waals surface area contributed by atoms with Crippen LogP contribution in [-0.2, 0) is 0 Å². The molecule has 4 rings (SSSR count). The molecule has 6 nitrogen and oxygen atoms in total. The molecule has 1 unspecified atom stereocenters. The van der Waals surface area contributed by atoms with Gasteiger partial charge in [-0.25, -0.2) is 9.67 Å². The summed E-state index contributed by atoms with van der Waals surface area (Å²) in [6.07, 6.45) is 2.36. The molecule has 0 saturated carbocycles. The van der Waals surface area contributed by atoms with Crippen LogP contribution in [0, 0.1) is 0 Å². The van der Waals surface area contributed by atoms with E-state index in [0.717, 1.165) is 5.69 Å².